The molecule has 2 amide bonds. The maximum absolute atomic E-state index is 14.9. The Balaban J connectivity index is 1.15. The number of carboxylic acids is 1. The Bertz CT molecular complexity index is 2230. The number of rotatable bonds is 17. The van der Waals surface area contributed by atoms with E-state index in [4.69, 9.17) is 14.2 Å². The predicted octanol–water partition coefficient (Wildman–Crippen LogP) is 9.11. The molecule has 7 rings (SSSR count). The lowest BCUT2D eigenvalue weighted by Gasteiger charge is -2.49. The van der Waals surface area contributed by atoms with Gasteiger partial charge in [0, 0.05) is 26.2 Å². The van der Waals surface area contributed by atoms with Crippen LogP contribution in [0.2, 0.25) is 0 Å². The van der Waals surface area contributed by atoms with Crippen molar-refractivity contribution in [2.24, 2.45) is 23.7 Å². The van der Waals surface area contributed by atoms with Crippen LogP contribution in [0, 0.1) is 23.7 Å². The summed E-state index contributed by atoms with van der Waals surface area (Å²) in [6, 6.07) is 39.0. The van der Waals surface area contributed by atoms with Crippen LogP contribution in [0.1, 0.15) is 55.4 Å². The molecule has 2 aliphatic carbocycles. The fourth-order valence-electron chi connectivity index (χ4n) is 8.27. The number of carboxylic acid groups (broad SMARTS) is 1. The molecule has 10 heteroatoms. The van der Waals surface area contributed by atoms with Gasteiger partial charge >= 0.3 is 11.9 Å². The van der Waals surface area contributed by atoms with Crippen LogP contribution in [0.4, 0.5) is 0 Å². The van der Waals surface area contributed by atoms with Gasteiger partial charge in [-0.05, 0) is 115 Å². The zero-order valence-electron chi connectivity index (χ0n) is 33.5. The van der Waals surface area contributed by atoms with Crippen molar-refractivity contribution in [2.45, 2.75) is 59.0 Å². The van der Waals surface area contributed by atoms with Gasteiger partial charge in [0.1, 0.15) is 28.7 Å². The van der Waals surface area contributed by atoms with Crippen LogP contribution in [0.3, 0.4) is 0 Å². The summed E-state index contributed by atoms with van der Waals surface area (Å²) >= 11 is 0. The second kappa shape index (κ2) is 18.9. The summed E-state index contributed by atoms with van der Waals surface area (Å²) in [6.07, 6.45) is 4.02. The quantitative estimate of drug-likeness (QED) is 0.0731. The van der Waals surface area contributed by atoms with E-state index in [0.717, 1.165) is 36.0 Å². The Hall–Kier alpha value is -6.42. The van der Waals surface area contributed by atoms with Crippen molar-refractivity contribution in [2.75, 3.05) is 13.1 Å². The van der Waals surface area contributed by atoms with Crippen molar-refractivity contribution in [3.8, 4) is 28.7 Å². The monoisotopic (exact) mass is 794 g/mol. The smallest absolute Gasteiger partial charge is 0.316 e. The highest BCUT2D eigenvalue weighted by Gasteiger charge is 2.65. The van der Waals surface area contributed by atoms with Crippen LogP contribution in [0.25, 0.3) is 0 Å². The number of para-hydroxylation sites is 2. The number of carbonyl (C=O) groups excluding carboxylic acids is 3. The van der Waals surface area contributed by atoms with Crippen LogP contribution in [0.15, 0.2) is 127 Å². The predicted molar refractivity (Wildman–Crippen MR) is 223 cm³/mol. The molecule has 59 heavy (non-hydrogen) atoms. The van der Waals surface area contributed by atoms with E-state index in [2.05, 4.69) is 0 Å². The number of aliphatic carboxylic acids is 1. The number of benzene rings is 5. The average molecular weight is 795 g/mol. The number of fused-ring (bicyclic) bond motifs is 1. The molecule has 1 saturated carbocycles. The fourth-order valence-corrected chi connectivity index (χ4v) is 8.27. The Kier molecular flexibility index (Phi) is 13.1. The van der Waals surface area contributed by atoms with Gasteiger partial charge in [0.05, 0.1) is 23.7 Å². The van der Waals surface area contributed by atoms with Gasteiger partial charge in [-0.1, -0.05) is 80.6 Å². The van der Waals surface area contributed by atoms with Gasteiger partial charge in [0.2, 0.25) is 11.8 Å². The molecule has 4 unspecified atom stereocenters. The Morgan fingerprint density at radius 2 is 0.983 bits per heavy atom. The van der Waals surface area contributed by atoms with Gasteiger partial charge < -0.3 is 29.1 Å². The third-order valence-corrected chi connectivity index (χ3v) is 11.1. The molecule has 1 fully saturated rings. The summed E-state index contributed by atoms with van der Waals surface area (Å²) in [5.41, 5.74) is 3.90. The summed E-state index contributed by atoms with van der Waals surface area (Å²) < 4.78 is 17.8. The van der Waals surface area contributed by atoms with E-state index in [1.807, 2.05) is 135 Å². The molecule has 1 N–H and O–H groups in total. The van der Waals surface area contributed by atoms with Crippen molar-refractivity contribution in [1.82, 2.24) is 9.80 Å². The normalized spacial score (nSPS) is 17.9. The second-order valence-corrected chi connectivity index (χ2v) is 15.3. The molecule has 5 aromatic rings. The van der Waals surface area contributed by atoms with Gasteiger partial charge in [-0.15, -0.1) is 0 Å². The third-order valence-electron chi connectivity index (χ3n) is 11.1. The summed E-state index contributed by atoms with van der Waals surface area (Å²) in [7, 11) is 0. The zero-order valence-corrected chi connectivity index (χ0v) is 33.5. The number of esters is 1. The average Bonchev–Trinajstić information content (AvgIpc) is 3.70. The molecule has 0 bridgehead atoms. The maximum atomic E-state index is 14.9. The molecule has 10 nitrogen and oxygen atoms in total. The minimum Gasteiger partial charge on any atom is -0.481 e. The number of ether oxygens (including phenoxy) is 3. The number of aryl methyl sites for hydroxylation is 2. The van der Waals surface area contributed by atoms with Crippen molar-refractivity contribution < 1.29 is 38.5 Å². The Morgan fingerprint density at radius 1 is 0.542 bits per heavy atom. The van der Waals surface area contributed by atoms with E-state index in [1.54, 1.807) is 15.9 Å². The van der Waals surface area contributed by atoms with Gasteiger partial charge in [-0.3, -0.25) is 19.2 Å². The SMILES string of the molecule is CCCN(Cc1ccc(Oc2ccccc2)cc1)C(=O)C1C(C(=O)O)C(C(=O)Oc2ccc3c(c2)CCC3)C1C(=O)N(CCC)Cc1ccc(Oc2ccccc2)cc1. The van der Waals surface area contributed by atoms with E-state index in [-0.39, 0.29) is 13.1 Å². The molecular weight excluding hydrogens is 745 g/mol. The number of nitrogens with zero attached hydrogens (tertiary/aromatic N) is 2. The molecule has 0 aromatic heterocycles. The lowest BCUT2D eigenvalue weighted by atomic mass is 9.55. The topological polar surface area (TPSA) is 123 Å². The van der Waals surface area contributed by atoms with Gasteiger partial charge in [-0.25, -0.2) is 0 Å². The van der Waals surface area contributed by atoms with Crippen LogP contribution in [0.5, 0.6) is 28.7 Å². The molecule has 0 aliphatic heterocycles. The van der Waals surface area contributed by atoms with E-state index in [9.17, 15) is 24.3 Å². The van der Waals surface area contributed by atoms with Gasteiger partial charge in [-0.2, -0.15) is 0 Å². The summed E-state index contributed by atoms with van der Waals surface area (Å²) in [4.78, 5) is 60.1. The van der Waals surface area contributed by atoms with Crippen LogP contribution in [-0.2, 0) is 45.1 Å². The van der Waals surface area contributed by atoms with Gasteiger partial charge in [0.25, 0.3) is 0 Å². The second-order valence-electron chi connectivity index (χ2n) is 15.3. The molecule has 0 spiro atoms. The summed E-state index contributed by atoms with van der Waals surface area (Å²) in [5.74, 6) is -5.51. The van der Waals surface area contributed by atoms with E-state index in [1.165, 1.54) is 5.56 Å². The van der Waals surface area contributed by atoms with E-state index >= 15 is 0 Å². The minimum atomic E-state index is -1.46. The molecule has 0 heterocycles. The number of hydrogen-bond acceptors (Lipinski definition) is 7. The standard InChI is InChI=1S/C49H50N2O8/c1-3-28-50(31-33-18-23-39(24-19-33)57-37-14-7-5-8-15-37)46(52)42-43(45(44(42)48(54)55)49(56)59-41-27-22-35-12-11-13-36(35)30-41)47(53)51(29-4-2)32-34-20-25-40(26-21-34)58-38-16-9-6-10-17-38/h5-10,14-27,30,42-45H,3-4,11-13,28-29,31-32H2,1-2H3,(H,54,55). The first-order chi connectivity index (χ1) is 28.7. The Labute approximate surface area is 345 Å². The number of hydrogen-bond donors (Lipinski definition) is 1. The van der Waals surface area contributed by atoms with Crippen molar-refractivity contribution in [3.63, 3.8) is 0 Å². The summed E-state index contributed by atoms with van der Waals surface area (Å²) in [6.45, 7) is 4.91. The molecular formula is C49H50N2O8. The molecule has 4 atom stereocenters. The molecule has 0 radical (unpaired) electrons. The third kappa shape index (κ3) is 9.66. The largest absolute Gasteiger partial charge is 0.481 e. The molecule has 5 aromatic carbocycles. The zero-order chi connectivity index (χ0) is 41.3. The van der Waals surface area contributed by atoms with Crippen LogP contribution >= 0.6 is 0 Å². The highest BCUT2D eigenvalue weighted by Crippen LogP contribution is 2.50. The highest BCUT2D eigenvalue weighted by molar-refractivity contribution is 6.00. The number of carbonyl (C=O) groups is 4. The van der Waals surface area contributed by atoms with Crippen LogP contribution in [-0.4, -0.2) is 51.7 Å². The van der Waals surface area contributed by atoms with Gasteiger partial charge in [0.15, 0.2) is 0 Å². The Morgan fingerprint density at radius 3 is 1.46 bits per heavy atom. The lowest BCUT2D eigenvalue weighted by molar-refractivity contribution is -0.186. The van der Waals surface area contributed by atoms with E-state index < -0.39 is 47.4 Å². The first-order valence-corrected chi connectivity index (χ1v) is 20.5. The van der Waals surface area contributed by atoms with Crippen molar-refractivity contribution in [1.29, 1.82) is 0 Å². The first-order valence-electron chi connectivity index (χ1n) is 20.5. The van der Waals surface area contributed by atoms with E-state index in [0.29, 0.717) is 54.7 Å². The van der Waals surface area contributed by atoms with Crippen molar-refractivity contribution in [3.05, 3.63) is 150 Å². The van der Waals surface area contributed by atoms with Crippen molar-refractivity contribution >= 4 is 23.8 Å². The molecule has 304 valence electrons. The lowest BCUT2D eigenvalue weighted by Crippen LogP contribution is -2.64. The highest BCUT2D eigenvalue weighted by atomic mass is 16.5. The minimum absolute atomic E-state index is 0.183. The summed E-state index contributed by atoms with van der Waals surface area (Å²) in [5, 5.41) is 10.7. The van der Waals surface area contributed by atoms with Crippen LogP contribution < -0.4 is 14.2 Å². The fraction of sp³-hybridized carbons (Fsp3) is 0.306. The first kappa shape index (κ1) is 40.8. The maximum Gasteiger partial charge on any atom is 0.316 e. The molecule has 2 aliphatic rings. The number of amides is 2. The molecule has 0 saturated heterocycles.